The van der Waals surface area contributed by atoms with Crippen molar-refractivity contribution in [3.05, 3.63) is 0 Å². The van der Waals surface area contributed by atoms with Crippen molar-refractivity contribution in [2.75, 3.05) is 78.5 Å². The normalized spacial score (nSPS) is 8.04. The van der Waals surface area contributed by atoms with Crippen LogP contribution in [0.15, 0.2) is 0 Å². The van der Waals surface area contributed by atoms with E-state index >= 15 is 0 Å². The molecule has 0 aromatic carbocycles. The molecule has 0 radical (unpaired) electrons. The summed E-state index contributed by atoms with van der Waals surface area (Å²) in [5.74, 6) is 0. The van der Waals surface area contributed by atoms with Crippen LogP contribution < -0.4 is 0 Å². The maximum Gasteiger partial charge on any atom is 0 e. The van der Waals surface area contributed by atoms with Crippen molar-refractivity contribution < 1.29 is 140 Å². The molecule has 0 aliphatic heterocycles. The van der Waals surface area contributed by atoms with Gasteiger partial charge in [-0.1, -0.05) is 0 Å². The van der Waals surface area contributed by atoms with Crippen LogP contribution >= 0.6 is 0 Å². The molecule has 0 aliphatic rings. The molecule has 19 nitrogen and oxygen atoms in total. The van der Waals surface area contributed by atoms with Crippen LogP contribution in [-0.4, -0.2) is 175 Å². The third-order valence-electron chi connectivity index (χ3n) is 6.20. The summed E-state index contributed by atoms with van der Waals surface area (Å²) >= 11 is 0.125. The third kappa shape index (κ3) is 54.4. The van der Waals surface area contributed by atoms with Gasteiger partial charge in [-0.3, -0.25) is 0 Å². The van der Waals surface area contributed by atoms with Crippen LogP contribution in [0.5, 0.6) is 0 Å². The van der Waals surface area contributed by atoms with Gasteiger partial charge in [0.15, 0.2) is 0 Å². The smallest absolute Gasteiger partial charge is 0 e. The van der Waals surface area contributed by atoms with Gasteiger partial charge >= 0.3 is 58.4 Å². The fraction of sp³-hybridized carbons (Fsp3) is 0.800. The molecule has 0 aliphatic carbocycles. The average Bonchev–Trinajstić information content (AvgIpc) is 3.06. The van der Waals surface area contributed by atoms with E-state index in [0.717, 1.165) is 0 Å². The summed E-state index contributed by atoms with van der Waals surface area (Å²) in [4.78, 5) is 68.5. The van der Waals surface area contributed by atoms with Gasteiger partial charge in [0.2, 0.25) is 0 Å². The zero-order valence-corrected chi connectivity index (χ0v) is 46.4. The largest absolute Gasteiger partial charge is 0 e. The Morgan fingerprint density at radius 1 is 0.283 bits per heavy atom. The first-order valence-corrected chi connectivity index (χ1v) is 17.7. The Balaban J connectivity index is -0.0000000512. The van der Waals surface area contributed by atoms with Crippen LogP contribution in [-0.2, 0) is 80.3 Å². The predicted octanol–water partition coefficient (Wildman–Crippen LogP) is 5.91. The van der Waals surface area contributed by atoms with Crippen LogP contribution in [0, 0.1) is 0 Å². The molecule has 0 bridgehead atoms. The van der Waals surface area contributed by atoms with Crippen molar-refractivity contribution in [3.8, 4) is 0 Å². The van der Waals surface area contributed by atoms with Gasteiger partial charge in [0.1, 0.15) is 0 Å². The molecule has 0 saturated heterocycles. The zero-order chi connectivity index (χ0) is 41.4. The summed E-state index contributed by atoms with van der Waals surface area (Å²) in [6.07, 6.45) is -5.03. The number of hydrogen-bond acceptors (Lipinski definition) is 7. The number of hydrogen-bond donors (Lipinski definition) is 6. The molecule has 0 fully saturated rings. The Bertz CT molecular complexity index is 679. The van der Waals surface area contributed by atoms with E-state index in [9.17, 15) is 28.8 Å². The SMILES string of the molecule is CCN(CC)C(=O)O.CCN(CC)C(=O)O.CCN(CC)C(=O)O.CCN(CC)C(=O)O.CCN(CC)C(=O)O.CCN(CC)C(=O)O.[O]=[Zn].[Zn].[Zn].[Zn]. The molecule has 0 unspecified atom stereocenters. The van der Waals surface area contributed by atoms with Crippen molar-refractivity contribution in [3.63, 3.8) is 0 Å². The molecule has 6 amide bonds. The van der Waals surface area contributed by atoms with Gasteiger partial charge < -0.3 is 60.0 Å². The number of carboxylic acid groups (broad SMARTS) is 6. The number of rotatable bonds is 12. The quantitative estimate of drug-likeness (QED) is 0.125. The van der Waals surface area contributed by atoms with Crippen molar-refractivity contribution in [1.82, 2.24) is 29.4 Å². The summed E-state index contributed by atoms with van der Waals surface area (Å²) in [5, 5.41) is 49.8. The van der Waals surface area contributed by atoms with Gasteiger partial charge in [-0.05, 0) is 83.1 Å². The zero-order valence-electron chi connectivity index (χ0n) is 34.5. The Labute approximate surface area is 365 Å². The van der Waals surface area contributed by atoms with Crippen molar-refractivity contribution in [2.45, 2.75) is 83.1 Å². The monoisotopic (exact) mass is 974 g/mol. The second kappa shape index (κ2) is 56.6. The molecule has 23 heteroatoms. The summed E-state index contributed by atoms with van der Waals surface area (Å²) in [6, 6.07) is 0. The fourth-order valence-corrected chi connectivity index (χ4v) is 2.96. The van der Waals surface area contributed by atoms with E-state index in [1.165, 1.54) is 29.4 Å². The second-order valence-electron chi connectivity index (χ2n) is 8.73. The van der Waals surface area contributed by atoms with Crippen LogP contribution in [0.2, 0.25) is 0 Å². The molecular weight excluding hydrogens is 914 g/mol. The maximum absolute atomic E-state index is 10.1. The minimum absolute atomic E-state index is 0. The Kier molecular flexibility index (Phi) is 81.0. The number of carbonyl (C=O) groups is 6. The van der Waals surface area contributed by atoms with Crippen LogP contribution in [0.25, 0.3) is 0 Å². The predicted molar refractivity (Wildman–Crippen MR) is 186 cm³/mol. The van der Waals surface area contributed by atoms with Gasteiger partial charge in [-0.25, -0.2) is 28.8 Å². The van der Waals surface area contributed by atoms with Gasteiger partial charge in [0.05, 0.1) is 0 Å². The van der Waals surface area contributed by atoms with Gasteiger partial charge in [-0.2, -0.15) is 0 Å². The van der Waals surface area contributed by atoms with Gasteiger partial charge in [-0.15, -0.1) is 0 Å². The van der Waals surface area contributed by atoms with E-state index in [4.69, 9.17) is 34.2 Å². The third-order valence-corrected chi connectivity index (χ3v) is 6.20. The fourth-order valence-electron chi connectivity index (χ4n) is 2.96. The summed E-state index contributed by atoms with van der Waals surface area (Å²) < 4.78 is 8.38. The molecule has 0 aromatic rings. The molecule has 6 N–H and O–H groups in total. The Hall–Kier alpha value is -2.09. The van der Waals surface area contributed by atoms with Gasteiger partial charge in [0.25, 0.3) is 0 Å². The second-order valence-corrected chi connectivity index (χ2v) is 8.73. The average molecular weight is 980 g/mol. The molecule has 53 heavy (non-hydrogen) atoms. The topological polar surface area (TPSA) is 260 Å². The van der Waals surface area contributed by atoms with Crippen molar-refractivity contribution >= 4 is 36.6 Å². The van der Waals surface area contributed by atoms with E-state index in [1.54, 1.807) is 0 Å². The summed E-state index contributed by atoms with van der Waals surface area (Å²) in [7, 11) is 0. The summed E-state index contributed by atoms with van der Waals surface area (Å²) in [6.45, 7) is 28.7. The van der Waals surface area contributed by atoms with Crippen LogP contribution in [0.3, 0.4) is 0 Å². The number of nitrogens with zero attached hydrogens (tertiary/aromatic N) is 6. The molecule has 302 valence electrons. The first-order chi connectivity index (χ1) is 23.3. The molecular formula is C30H66N6O13Zn4. The molecule has 0 atom stereocenters. The minimum atomic E-state index is -0.838. The van der Waals surface area contributed by atoms with Crippen molar-refractivity contribution in [1.29, 1.82) is 0 Å². The minimum Gasteiger partial charge on any atom is 0 e. The standard InChI is InChI=1S/6C5H11NO2.O.4Zn/c6*1-3-6(4-2)5(7)8;;;;;/h6*3-4H2,1-2H3,(H,7,8);;;;;. The van der Waals surface area contributed by atoms with E-state index < -0.39 is 36.6 Å². The van der Waals surface area contributed by atoms with Crippen molar-refractivity contribution in [2.24, 2.45) is 0 Å². The first-order valence-electron chi connectivity index (χ1n) is 16.5. The van der Waals surface area contributed by atoms with E-state index in [0.29, 0.717) is 78.5 Å². The molecule has 0 heterocycles. The summed E-state index contributed by atoms with van der Waals surface area (Å²) in [5.41, 5.74) is 0. The number of amides is 6. The molecule has 0 rings (SSSR count). The molecule has 0 spiro atoms. The van der Waals surface area contributed by atoms with E-state index in [2.05, 4.69) is 0 Å². The Morgan fingerprint density at radius 2 is 0.340 bits per heavy atom. The van der Waals surface area contributed by atoms with E-state index in [-0.39, 0.29) is 76.7 Å². The van der Waals surface area contributed by atoms with Gasteiger partial charge in [0, 0.05) is 137 Å². The maximum atomic E-state index is 10.1. The first kappa shape index (κ1) is 75.8. The Morgan fingerprint density at radius 3 is 0.340 bits per heavy atom. The van der Waals surface area contributed by atoms with Crippen LogP contribution in [0.1, 0.15) is 83.1 Å². The molecule has 0 saturated carbocycles. The molecule has 0 aromatic heterocycles. The van der Waals surface area contributed by atoms with E-state index in [1.807, 2.05) is 83.1 Å². The van der Waals surface area contributed by atoms with Crippen LogP contribution in [0.4, 0.5) is 28.8 Å².